The maximum absolute atomic E-state index is 12.8. The number of benzene rings is 1. The minimum Gasteiger partial charge on any atom is -0.338 e. The van der Waals surface area contributed by atoms with Crippen LogP contribution < -0.4 is 0 Å². The van der Waals surface area contributed by atoms with Gasteiger partial charge in [-0.1, -0.05) is 12.1 Å². The second-order valence-electron chi connectivity index (χ2n) is 4.39. The minimum absolute atomic E-state index is 0.0611. The second-order valence-corrected chi connectivity index (χ2v) is 4.39. The summed E-state index contributed by atoms with van der Waals surface area (Å²) >= 11 is 0. The molecule has 1 N–H and O–H groups in total. The minimum atomic E-state index is -0.305. The molecule has 0 atom stereocenters. The van der Waals surface area contributed by atoms with E-state index in [4.69, 9.17) is 0 Å². The molecule has 1 heterocycles. The largest absolute Gasteiger partial charge is 0.338 e. The number of amides is 1. The first-order chi connectivity index (χ1) is 9.04. The first-order valence-electron chi connectivity index (χ1n) is 5.91. The van der Waals surface area contributed by atoms with Crippen LogP contribution in [0.4, 0.5) is 4.39 Å². The molecule has 0 bridgehead atoms. The molecule has 0 aliphatic rings. The summed E-state index contributed by atoms with van der Waals surface area (Å²) in [4.78, 5) is 17.7. The van der Waals surface area contributed by atoms with Crippen LogP contribution in [-0.4, -0.2) is 33.0 Å². The average Bonchev–Trinajstić information content (AvgIpc) is 2.77. The first kappa shape index (κ1) is 13.2. The number of hydrogen-bond acceptors (Lipinski definition) is 3. The van der Waals surface area contributed by atoms with E-state index in [2.05, 4.69) is 15.2 Å². The Kier molecular flexibility index (Phi) is 3.89. The number of H-pyrrole nitrogens is 1. The lowest BCUT2D eigenvalue weighted by molar-refractivity contribution is -0.129. The van der Waals surface area contributed by atoms with Crippen molar-refractivity contribution in [1.29, 1.82) is 0 Å². The van der Waals surface area contributed by atoms with Gasteiger partial charge in [0, 0.05) is 7.05 Å². The van der Waals surface area contributed by atoms with E-state index < -0.39 is 0 Å². The maximum Gasteiger partial charge on any atom is 0.227 e. The molecule has 1 aromatic carbocycles. The van der Waals surface area contributed by atoms with Gasteiger partial charge >= 0.3 is 0 Å². The highest BCUT2D eigenvalue weighted by Crippen LogP contribution is 2.06. The molecule has 0 unspecified atom stereocenters. The van der Waals surface area contributed by atoms with E-state index in [0.29, 0.717) is 12.4 Å². The SMILES string of the molecule is Cc1nc(CN(C)C(=O)Cc2ccc(F)cc2)n[nH]1. The van der Waals surface area contributed by atoms with Crippen molar-refractivity contribution in [2.45, 2.75) is 19.9 Å². The number of aromatic nitrogens is 3. The first-order valence-corrected chi connectivity index (χ1v) is 5.91. The highest BCUT2D eigenvalue weighted by atomic mass is 19.1. The third kappa shape index (κ3) is 3.61. The molecule has 100 valence electrons. The number of hydrogen-bond donors (Lipinski definition) is 1. The fourth-order valence-corrected chi connectivity index (χ4v) is 1.67. The molecule has 19 heavy (non-hydrogen) atoms. The smallest absolute Gasteiger partial charge is 0.227 e. The van der Waals surface area contributed by atoms with Gasteiger partial charge in [0.05, 0.1) is 13.0 Å². The van der Waals surface area contributed by atoms with Crippen LogP contribution in [0, 0.1) is 12.7 Å². The van der Waals surface area contributed by atoms with Gasteiger partial charge < -0.3 is 4.90 Å². The fraction of sp³-hybridized carbons (Fsp3) is 0.308. The Morgan fingerprint density at radius 3 is 2.63 bits per heavy atom. The van der Waals surface area contributed by atoms with E-state index in [9.17, 15) is 9.18 Å². The third-order valence-electron chi connectivity index (χ3n) is 2.72. The molecule has 2 aromatic rings. The van der Waals surface area contributed by atoms with Crippen LogP contribution in [0.25, 0.3) is 0 Å². The summed E-state index contributed by atoms with van der Waals surface area (Å²) in [6, 6.07) is 5.92. The van der Waals surface area contributed by atoms with Crippen LogP contribution in [0.3, 0.4) is 0 Å². The van der Waals surface area contributed by atoms with Gasteiger partial charge in [-0.15, -0.1) is 0 Å². The summed E-state index contributed by atoms with van der Waals surface area (Å²) in [6.45, 7) is 2.15. The van der Waals surface area contributed by atoms with E-state index in [-0.39, 0.29) is 18.1 Å². The average molecular weight is 262 g/mol. The molecule has 0 aliphatic carbocycles. The van der Waals surface area contributed by atoms with Crippen LogP contribution in [0.1, 0.15) is 17.2 Å². The summed E-state index contributed by atoms with van der Waals surface area (Å²) in [7, 11) is 1.69. The number of carbonyl (C=O) groups excluding carboxylic acids is 1. The van der Waals surface area contributed by atoms with Gasteiger partial charge in [-0.3, -0.25) is 9.89 Å². The molecule has 0 aliphatic heterocycles. The quantitative estimate of drug-likeness (QED) is 0.907. The Balaban J connectivity index is 1.94. The van der Waals surface area contributed by atoms with Crippen molar-refractivity contribution < 1.29 is 9.18 Å². The van der Waals surface area contributed by atoms with Crippen LogP contribution >= 0.6 is 0 Å². The second kappa shape index (κ2) is 5.60. The number of nitrogens with zero attached hydrogens (tertiary/aromatic N) is 3. The maximum atomic E-state index is 12.8. The zero-order chi connectivity index (χ0) is 13.8. The van der Waals surface area contributed by atoms with E-state index >= 15 is 0 Å². The van der Waals surface area contributed by atoms with E-state index in [1.807, 2.05) is 0 Å². The lowest BCUT2D eigenvalue weighted by Gasteiger charge is -2.15. The zero-order valence-corrected chi connectivity index (χ0v) is 10.9. The zero-order valence-electron chi connectivity index (χ0n) is 10.9. The van der Waals surface area contributed by atoms with Gasteiger partial charge in [0.1, 0.15) is 11.6 Å². The predicted octanol–water partition coefficient (Wildman–Crippen LogP) is 1.45. The molecule has 0 radical (unpaired) electrons. The van der Waals surface area contributed by atoms with E-state index in [1.165, 1.54) is 12.1 Å². The van der Waals surface area contributed by atoms with Gasteiger partial charge in [-0.05, 0) is 24.6 Å². The Bertz CT molecular complexity index is 564. The Morgan fingerprint density at radius 2 is 2.05 bits per heavy atom. The molecule has 1 amide bonds. The molecular formula is C13H15FN4O. The summed E-state index contributed by atoms with van der Waals surface area (Å²) in [5.41, 5.74) is 0.782. The molecule has 0 spiro atoms. The van der Waals surface area contributed by atoms with Crippen molar-refractivity contribution in [1.82, 2.24) is 20.1 Å². The number of rotatable bonds is 4. The molecule has 0 fully saturated rings. The molecule has 2 rings (SSSR count). The van der Waals surface area contributed by atoms with Crippen molar-refractivity contribution >= 4 is 5.91 Å². The van der Waals surface area contributed by atoms with Crippen LogP contribution in [-0.2, 0) is 17.8 Å². The van der Waals surface area contributed by atoms with Crippen molar-refractivity contribution in [3.63, 3.8) is 0 Å². The summed E-state index contributed by atoms with van der Waals surface area (Å²) in [5.74, 6) is 0.927. The van der Waals surface area contributed by atoms with Crippen molar-refractivity contribution in [2.75, 3.05) is 7.05 Å². The summed E-state index contributed by atoms with van der Waals surface area (Å²) in [6.07, 6.45) is 0.236. The summed E-state index contributed by atoms with van der Waals surface area (Å²) in [5, 5.41) is 6.71. The Hall–Kier alpha value is -2.24. The highest BCUT2D eigenvalue weighted by molar-refractivity contribution is 5.78. The number of aromatic amines is 1. The Morgan fingerprint density at radius 1 is 1.37 bits per heavy atom. The number of likely N-dealkylation sites (N-methyl/N-ethyl adjacent to an activating group) is 1. The third-order valence-corrected chi connectivity index (χ3v) is 2.72. The molecular weight excluding hydrogens is 247 g/mol. The van der Waals surface area contributed by atoms with Crippen molar-refractivity contribution in [3.05, 3.63) is 47.3 Å². The standard InChI is InChI=1S/C13H15FN4O/c1-9-15-12(17-16-9)8-18(2)13(19)7-10-3-5-11(14)6-4-10/h3-6H,7-8H2,1-2H3,(H,15,16,17). The topological polar surface area (TPSA) is 61.9 Å². The van der Waals surface area contributed by atoms with Crippen LogP contribution in [0.15, 0.2) is 24.3 Å². The highest BCUT2D eigenvalue weighted by Gasteiger charge is 2.12. The van der Waals surface area contributed by atoms with E-state index in [0.717, 1.165) is 11.4 Å². The van der Waals surface area contributed by atoms with E-state index in [1.54, 1.807) is 31.0 Å². The number of carbonyl (C=O) groups is 1. The molecule has 0 saturated carbocycles. The number of aryl methyl sites for hydroxylation is 1. The normalized spacial score (nSPS) is 10.5. The van der Waals surface area contributed by atoms with Crippen molar-refractivity contribution in [2.24, 2.45) is 0 Å². The van der Waals surface area contributed by atoms with Crippen LogP contribution in [0.2, 0.25) is 0 Å². The Labute approximate surface area is 110 Å². The van der Waals surface area contributed by atoms with Gasteiger partial charge in [-0.2, -0.15) is 5.10 Å². The molecule has 6 heteroatoms. The van der Waals surface area contributed by atoms with Gasteiger partial charge in [-0.25, -0.2) is 9.37 Å². The van der Waals surface area contributed by atoms with Gasteiger partial charge in [0.2, 0.25) is 5.91 Å². The van der Waals surface area contributed by atoms with Gasteiger partial charge in [0.25, 0.3) is 0 Å². The van der Waals surface area contributed by atoms with Crippen LogP contribution in [0.5, 0.6) is 0 Å². The number of nitrogens with one attached hydrogen (secondary N) is 1. The van der Waals surface area contributed by atoms with Crippen molar-refractivity contribution in [3.8, 4) is 0 Å². The number of halogens is 1. The molecule has 5 nitrogen and oxygen atoms in total. The predicted molar refractivity (Wildman–Crippen MR) is 67.7 cm³/mol. The lowest BCUT2D eigenvalue weighted by atomic mass is 10.1. The fourth-order valence-electron chi connectivity index (χ4n) is 1.67. The summed E-state index contributed by atoms with van der Waals surface area (Å²) < 4.78 is 12.8. The lowest BCUT2D eigenvalue weighted by Crippen LogP contribution is -2.28. The molecule has 1 aromatic heterocycles. The van der Waals surface area contributed by atoms with Gasteiger partial charge in [0.15, 0.2) is 5.82 Å². The molecule has 0 saturated heterocycles. The monoisotopic (exact) mass is 262 g/mol.